The second-order valence-corrected chi connectivity index (χ2v) is 4.49. The summed E-state index contributed by atoms with van der Waals surface area (Å²) < 4.78 is 5.05. The number of hydrogen-bond donors (Lipinski definition) is 1. The van der Waals surface area contributed by atoms with Crippen molar-refractivity contribution in [3.63, 3.8) is 0 Å². The fraction of sp³-hybridized carbons (Fsp3) is 0.385. The van der Waals surface area contributed by atoms with Crippen LogP contribution in [0.5, 0.6) is 5.88 Å². The summed E-state index contributed by atoms with van der Waals surface area (Å²) in [6.45, 7) is 0. The highest BCUT2D eigenvalue weighted by molar-refractivity contribution is 5.50. The molecule has 6 nitrogen and oxygen atoms in total. The predicted molar refractivity (Wildman–Crippen MR) is 69.1 cm³/mol. The monoisotopic (exact) mass is 258 g/mol. The number of H-pyrrole nitrogens is 1. The van der Waals surface area contributed by atoms with Crippen LogP contribution in [0.25, 0.3) is 11.5 Å². The Labute approximate surface area is 109 Å². The third-order valence-electron chi connectivity index (χ3n) is 3.29. The van der Waals surface area contributed by atoms with Gasteiger partial charge in [0.25, 0.3) is 5.56 Å². The van der Waals surface area contributed by atoms with Crippen LogP contribution in [0, 0.1) is 0 Å². The summed E-state index contributed by atoms with van der Waals surface area (Å²) in [5.41, 5.74) is 2.22. The molecule has 0 unspecified atom stereocenters. The Balaban J connectivity index is 2.10. The summed E-state index contributed by atoms with van der Waals surface area (Å²) in [6.07, 6.45) is 5.20. The van der Waals surface area contributed by atoms with Crippen LogP contribution in [0.1, 0.15) is 24.1 Å². The van der Waals surface area contributed by atoms with Gasteiger partial charge in [0.1, 0.15) is 12.0 Å². The average Bonchev–Trinajstić information content (AvgIpc) is 2.47. The molecule has 0 spiro atoms. The van der Waals surface area contributed by atoms with E-state index in [1.807, 2.05) is 0 Å². The first kappa shape index (κ1) is 11.8. The number of rotatable bonds is 2. The first-order valence-corrected chi connectivity index (χ1v) is 6.26. The standard InChI is InChI=1S/C13H14N4O2/c1-19-11-6-10(14-7-15-11)12-16-9-5-3-2-4-8(9)13(18)17-12/h6-7H,2-5H2,1H3,(H,16,17,18). The summed E-state index contributed by atoms with van der Waals surface area (Å²) in [4.78, 5) is 27.4. The van der Waals surface area contributed by atoms with Crippen molar-refractivity contribution >= 4 is 0 Å². The number of hydrogen-bond acceptors (Lipinski definition) is 5. The van der Waals surface area contributed by atoms with Gasteiger partial charge in [-0.15, -0.1) is 0 Å². The van der Waals surface area contributed by atoms with Gasteiger partial charge in [0.2, 0.25) is 5.88 Å². The maximum absolute atomic E-state index is 12.0. The Bertz CT molecular complexity index is 666. The second kappa shape index (κ2) is 4.79. The maximum atomic E-state index is 12.0. The minimum Gasteiger partial charge on any atom is -0.481 e. The van der Waals surface area contributed by atoms with Crippen molar-refractivity contribution < 1.29 is 4.74 Å². The molecule has 1 aliphatic carbocycles. The molecule has 1 N–H and O–H groups in total. The second-order valence-electron chi connectivity index (χ2n) is 4.49. The first-order valence-electron chi connectivity index (χ1n) is 6.26. The van der Waals surface area contributed by atoms with Gasteiger partial charge in [-0.2, -0.15) is 0 Å². The lowest BCUT2D eigenvalue weighted by atomic mass is 9.97. The van der Waals surface area contributed by atoms with Gasteiger partial charge < -0.3 is 9.72 Å². The van der Waals surface area contributed by atoms with Crippen LogP contribution < -0.4 is 10.3 Å². The van der Waals surface area contributed by atoms with Crippen LogP contribution in [-0.4, -0.2) is 27.0 Å². The number of nitrogens with one attached hydrogen (secondary N) is 1. The molecule has 1 aliphatic rings. The van der Waals surface area contributed by atoms with Crippen molar-refractivity contribution in [2.75, 3.05) is 7.11 Å². The van der Waals surface area contributed by atoms with Crippen LogP contribution in [0.2, 0.25) is 0 Å². The summed E-state index contributed by atoms with van der Waals surface area (Å²) in [5.74, 6) is 0.928. The molecule has 0 aliphatic heterocycles. The molecule has 0 radical (unpaired) electrons. The zero-order chi connectivity index (χ0) is 13.2. The van der Waals surface area contributed by atoms with Gasteiger partial charge in [-0.25, -0.2) is 15.0 Å². The van der Waals surface area contributed by atoms with E-state index in [1.54, 1.807) is 6.07 Å². The van der Waals surface area contributed by atoms with Crippen molar-refractivity contribution in [3.8, 4) is 17.4 Å². The van der Waals surface area contributed by atoms with Crippen molar-refractivity contribution in [2.45, 2.75) is 25.7 Å². The quantitative estimate of drug-likeness (QED) is 0.872. The molecule has 3 rings (SSSR count). The fourth-order valence-electron chi connectivity index (χ4n) is 2.31. The van der Waals surface area contributed by atoms with E-state index in [1.165, 1.54) is 13.4 Å². The van der Waals surface area contributed by atoms with Crippen LogP contribution in [-0.2, 0) is 12.8 Å². The number of ether oxygens (including phenoxy) is 1. The molecular formula is C13H14N4O2. The molecule has 98 valence electrons. The topological polar surface area (TPSA) is 80.8 Å². The van der Waals surface area contributed by atoms with Crippen LogP contribution >= 0.6 is 0 Å². The van der Waals surface area contributed by atoms with E-state index in [9.17, 15) is 4.79 Å². The molecule has 19 heavy (non-hydrogen) atoms. The van der Waals surface area contributed by atoms with Crippen LogP contribution in [0.3, 0.4) is 0 Å². The zero-order valence-electron chi connectivity index (χ0n) is 10.6. The SMILES string of the molecule is COc1cc(-c2nc3c(c(=O)[nH]2)CCCC3)ncn1. The maximum Gasteiger partial charge on any atom is 0.254 e. The molecule has 2 aromatic rings. The largest absolute Gasteiger partial charge is 0.481 e. The molecule has 0 saturated carbocycles. The number of methoxy groups -OCH3 is 1. The van der Waals surface area contributed by atoms with Gasteiger partial charge in [0, 0.05) is 11.6 Å². The lowest BCUT2D eigenvalue weighted by Gasteiger charge is -2.14. The molecule has 2 aromatic heterocycles. The highest BCUT2D eigenvalue weighted by atomic mass is 16.5. The molecule has 0 amide bonds. The lowest BCUT2D eigenvalue weighted by Crippen LogP contribution is -2.21. The average molecular weight is 258 g/mol. The minimum absolute atomic E-state index is 0.0581. The first-order chi connectivity index (χ1) is 9.28. The number of aryl methyl sites for hydroxylation is 1. The van der Waals surface area contributed by atoms with Gasteiger partial charge in [-0.05, 0) is 25.7 Å². The number of aromatic amines is 1. The van der Waals surface area contributed by atoms with E-state index < -0.39 is 0 Å². The lowest BCUT2D eigenvalue weighted by molar-refractivity contribution is 0.397. The summed E-state index contributed by atoms with van der Waals surface area (Å²) in [6, 6.07) is 1.66. The highest BCUT2D eigenvalue weighted by Gasteiger charge is 2.16. The van der Waals surface area contributed by atoms with E-state index >= 15 is 0 Å². The molecule has 2 heterocycles. The predicted octanol–water partition coefficient (Wildman–Crippen LogP) is 1.11. The summed E-state index contributed by atoms with van der Waals surface area (Å²) >= 11 is 0. The van der Waals surface area contributed by atoms with Crippen molar-refractivity contribution in [2.24, 2.45) is 0 Å². The van der Waals surface area contributed by atoms with Gasteiger partial charge in [0.05, 0.1) is 12.8 Å². The van der Waals surface area contributed by atoms with Gasteiger partial charge >= 0.3 is 0 Å². The smallest absolute Gasteiger partial charge is 0.254 e. The molecule has 0 bridgehead atoms. The fourth-order valence-corrected chi connectivity index (χ4v) is 2.31. The third-order valence-corrected chi connectivity index (χ3v) is 3.29. The van der Waals surface area contributed by atoms with E-state index in [0.29, 0.717) is 17.4 Å². The van der Waals surface area contributed by atoms with Crippen molar-refractivity contribution in [1.29, 1.82) is 0 Å². The Morgan fingerprint density at radius 2 is 2.11 bits per heavy atom. The molecule has 0 aromatic carbocycles. The van der Waals surface area contributed by atoms with Gasteiger partial charge in [-0.1, -0.05) is 0 Å². The summed E-state index contributed by atoms with van der Waals surface area (Å²) in [5, 5.41) is 0. The van der Waals surface area contributed by atoms with Crippen molar-refractivity contribution in [1.82, 2.24) is 19.9 Å². The van der Waals surface area contributed by atoms with Crippen molar-refractivity contribution in [3.05, 3.63) is 34.0 Å². The molecule has 6 heteroatoms. The third kappa shape index (κ3) is 2.21. The van der Waals surface area contributed by atoms with E-state index in [4.69, 9.17) is 4.74 Å². The van der Waals surface area contributed by atoms with E-state index in [0.717, 1.165) is 36.9 Å². The van der Waals surface area contributed by atoms with Gasteiger partial charge in [-0.3, -0.25) is 4.79 Å². The minimum atomic E-state index is -0.0581. The Hall–Kier alpha value is -2.24. The summed E-state index contributed by atoms with van der Waals surface area (Å²) in [7, 11) is 1.54. The molecule has 0 saturated heterocycles. The number of nitrogens with zero attached hydrogens (tertiary/aromatic N) is 3. The van der Waals surface area contributed by atoms with Gasteiger partial charge in [0.15, 0.2) is 5.82 Å². The van der Waals surface area contributed by atoms with Crippen LogP contribution in [0.4, 0.5) is 0 Å². The van der Waals surface area contributed by atoms with Crippen LogP contribution in [0.15, 0.2) is 17.2 Å². The Morgan fingerprint density at radius 1 is 1.26 bits per heavy atom. The molecule has 0 fully saturated rings. The number of aromatic nitrogens is 4. The zero-order valence-corrected chi connectivity index (χ0v) is 10.6. The molecule has 0 atom stereocenters. The Kier molecular flexibility index (Phi) is 2.98. The Morgan fingerprint density at radius 3 is 2.95 bits per heavy atom. The highest BCUT2D eigenvalue weighted by Crippen LogP contribution is 2.20. The number of fused-ring (bicyclic) bond motifs is 1. The normalized spacial score (nSPS) is 13.9. The van der Waals surface area contributed by atoms with E-state index in [-0.39, 0.29) is 5.56 Å². The van der Waals surface area contributed by atoms with E-state index in [2.05, 4.69) is 19.9 Å². The molecular weight excluding hydrogens is 244 g/mol.